The molecule has 3 rings (SSSR count). The first-order chi connectivity index (χ1) is 11.4. The van der Waals surface area contributed by atoms with E-state index in [4.69, 9.17) is 0 Å². The van der Waals surface area contributed by atoms with E-state index >= 15 is 0 Å². The molecule has 24 heavy (non-hydrogen) atoms. The third-order valence-corrected chi connectivity index (χ3v) is 6.19. The summed E-state index contributed by atoms with van der Waals surface area (Å²) >= 11 is 0. The van der Waals surface area contributed by atoms with Gasteiger partial charge in [-0.15, -0.1) is 0 Å². The summed E-state index contributed by atoms with van der Waals surface area (Å²) in [4.78, 5) is 14.5. The molecule has 1 fully saturated rings. The van der Waals surface area contributed by atoms with Crippen molar-refractivity contribution in [3.8, 4) is 11.1 Å². The van der Waals surface area contributed by atoms with Crippen molar-refractivity contribution < 1.29 is 13.2 Å². The smallest absolute Gasteiger partial charge is 0.254 e. The van der Waals surface area contributed by atoms with Gasteiger partial charge in [-0.1, -0.05) is 12.1 Å². The van der Waals surface area contributed by atoms with E-state index in [1.165, 1.54) is 0 Å². The van der Waals surface area contributed by atoms with E-state index in [2.05, 4.69) is 5.10 Å². The molecule has 128 valence electrons. The summed E-state index contributed by atoms with van der Waals surface area (Å²) in [6.45, 7) is 2.27. The molecule has 0 saturated carbocycles. The molecule has 1 unspecified atom stereocenters. The standard InChI is InChI=1S/C17H21N3O3S/c1-13-12-24(22,23)8-4-7-20(13)17(21)15-6-3-5-14(9-15)16-10-18-19(2)11-16/h3,5-6,9-11,13H,4,7-8,12H2,1-2H3. The number of carbonyl (C=O) groups excluding carboxylic acids is 1. The molecule has 6 nitrogen and oxygen atoms in total. The number of aromatic nitrogens is 2. The number of hydrogen-bond donors (Lipinski definition) is 0. The van der Waals surface area contributed by atoms with Gasteiger partial charge in [0.25, 0.3) is 5.91 Å². The number of benzene rings is 1. The normalized spacial score (nSPS) is 20.6. The number of hydrogen-bond acceptors (Lipinski definition) is 4. The van der Waals surface area contributed by atoms with Crippen LogP contribution in [0.15, 0.2) is 36.7 Å². The number of rotatable bonds is 2. The Bertz CT molecular complexity index is 857. The van der Waals surface area contributed by atoms with Gasteiger partial charge in [-0.05, 0) is 31.0 Å². The van der Waals surface area contributed by atoms with Gasteiger partial charge >= 0.3 is 0 Å². The fraction of sp³-hybridized carbons (Fsp3) is 0.412. The molecule has 1 saturated heterocycles. The lowest BCUT2D eigenvalue weighted by Gasteiger charge is -2.26. The van der Waals surface area contributed by atoms with Crippen LogP contribution >= 0.6 is 0 Å². The molecule has 1 aliphatic heterocycles. The number of sulfone groups is 1. The second-order valence-corrected chi connectivity index (χ2v) is 8.53. The van der Waals surface area contributed by atoms with Gasteiger partial charge in [-0.25, -0.2) is 8.42 Å². The molecule has 1 atom stereocenters. The Labute approximate surface area is 142 Å². The summed E-state index contributed by atoms with van der Waals surface area (Å²) in [6.07, 6.45) is 4.14. The van der Waals surface area contributed by atoms with Gasteiger partial charge in [-0.2, -0.15) is 5.10 Å². The Balaban J connectivity index is 1.87. The number of aryl methyl sites for hydroxylation is 1. The third-order valence-electron chi connectivity index (χ3n) is 4.29. The summed E-state index contributed by atoms with van der Waals surface area (Å²) in [6, 6.07) is 7.07. The van der Waals surface area contributed by atoms with Crippen molar-refractivity contribution in [3.63, 3.8) is 0 Å². The van der Waals surface area contributed by atoms with Crippen molar-refractivity contribution in [3.05, 3.63) is 42.2 Å². The zero-order valence-electron chi connectivity index (χ0n) is 13.8. The lowest BCUT2D eigenvalue weighted by molar-refractivity contribution is 0.0712. The fourth-order valence-electron chi connectivity index (χ4n) is 3.09. The van der Waals surface area contributed by atoms with Crippen LogP contribution in [-0.2, 0) is 16.9 Å². The molecule has 0 bridgehead atoms. The lowest BCUT2D eigenvalue weighted by Crippen LogP contribution is -2.40. The molecule has 0 spiro atoms. The highest BCUT2D eigenvalue weighted by atomic mass is 32.2. The summed E-state index contributed by atoms with van der Waals surface area (Å²) < 4.78 is 25.5. The first-order valence-corrected chi connectivity index (χ1v) is 9.78. The van der Waals surface area contributed by atoms with Crippen LogP contribution in [-0.4, -0.2) is 53.1 Å². The Morgan fingerprint density at radius 2 is 2.08 bits per heavy atom. The van der Waals surface area contributed by atoms with Gasteiger partial charge in [0.15, 0.2) is 9.84 Å². The predicted molar refractivity (Wildman–Crippen MR) is 92.4 cm³/mol. The molecule has 1 aromatic heterocycles. The molecule has 0 radical (unpaired) electrons. The molecular formula is C17H21N3O3S. The molecular weight excluding hydrogens is 326 g/mol. The second-order valence-electron chi connectivity index (χ2n) is 6.30. The zero-order valence-corrected chi connectivity index (χ0v) is 14.7. The van der Waals surface area contributed by atoms with Crippen LogP contribution < -0.4 is 0 Å². The molecule has 2 heterocycles. The number of carbonyl (C=O) groups is 1. The van der Waals surface area contributed by atoms with Crippen LogP contribution in [0.5, 0.6) is 0 Å². The van der Waals surface area contributed by atoms with Crippen LogP contribution in [0.2, 0.25) is 0 Å². The largest absolute Gasteiger partial charge is 0.335 e. The topological polar surface area (TPSA) is 72.3 Å². The lowest BCUT2D eigenvalue weighted by atomic mass is 10.0. The van der Waals surface area contributed by atoms with Gasteiger partial charge in [-0.3, -0.25) is 9.48 Å². The van der Waals surface area contributed by atoms with Crippen molar-refractivity contribution >= 4 is 15.7 Å². The number of nitrogens with zero attached hydrogens (tertiary/aromatic N) is 3. The Morgan fingerprint density at radius 3 is 2.79 bits per heavy atom. The van der Waals surface area contributed by atoms with E-state index in [1.807, 2.05) is 31.4 Å². The molecule has 0 N–H and O–H groups in total. The van der Waals surface area contributed by atoms with Crippen molar-refractivity contribution in [1.29, 1.82) is 0 Å². The SMILES string of the molecule is CC1CS(=O)(=O)CCCN1C(=O)c1cccc(-c2cnn(C)c2)c1. The Hall–Kier alpha value is -2.15. The van der Waals surface area contributed by atoms with Gasteiger partial charge in [0.05, 0.1) is 17.7 Å². The first-order valence-electron chi connectivity index (χ1n) is 7.96. The van der Waals surface area contributed by atoms with Crippen LogP contribution in [0.4, 0.5) is 0 Å². The van der Waals surface area contributed by atoms with Crippen LogP contribution in [0.25, 0.3) is 11.1 Å². The van der Waals surface area contributed by atoms with Crippen molar-refractivity contribution in [1.82, 2.24) is 14.7 Å². The monoisotopic (exact) mass is 347 g/mol. The van der Waals surface area contributed by atoms with E-state index in [0.717, 1.165) is 11.1 Å². The molecule has 1 aromatic carbocycles. The maximum absolute atomic E-state index is 12.9. The van der Waals surface area contributed by atoms with E-state index in [9.17, 15) is 13.2 Å². The van der Waals surface area contributed by atoms with Crippen molar-refractivity contribution in [2.24, 2.45) is 7.05 Å². The second kappa shape index (κ2) is 6.39. The zero-order chi connectivity index (χ0) is 17.3. The van der Waals surface area contributed by atoms with E-state index in [0.29, 0.717) is 18.5 Å². The van der Waals surface area contributed by atoms with Crippen LogP contribution in [0.1, 0.15) is 23.7 Å². The maximum atomic E-state index is 12.9. The minimum Gasteiger partial charge on any atom is -0.335 e. The van der Waals surface area contributed by atoms with Crippen LogP contribution in [0, 0.1) is 0 Å². The molecule has 2 aromatic rings. The fourth-order valence-corrected chi connectivity index (χ4v) is 4.74. The highest BCUT2D eigenvalue weighted by Crippen LogP contribution is 2.22. The Morgan fingerprint density at radius 1 is 1.29 bits per heavy atom. The predicted octanol–water partition coefficient (Wildman–Crippen LogP) is 1.74. The summed E-state index contributed by atoms with van der Waals surface area (Å²) in [5.74, 6) is 0.0584. The molecule has 1 amide bonds. The van der Waals surface area contributed by atoms with Crippen molar-refractivity contribution in [2.45, 2.75) is 19.4 Å². The quantitative estimate of drug-likeness (QED) is 0.829. The van der Waals surface area contributed by atoms with Gasteiger partial charge in [0.2, 0.25) is 0 Å². The minimum atomic E-state index is -3.07. The highest BCUT2D eigenvalue weighted by Gasteiger charge is 2.29. The highest BCUT2D eigenvalue weighted by molar-refractivity contribution is 7.91. The third kappa shape index (κ3) is 3.51. The molecule has 7 heteroatoms. The first kappa shape index (κ1) is 16.7. The molecule has 0 aliphatic carbocycles. The summed E-state index contributed by atoms with van der Waals surface area (Å²) in [7, 11) is -1.23. The summed E-state index contributed by atoms with van der Waals surface area (Å²) in [5.41, 5.74) is 2.44. The summed E-state index contributed by atoms with van der Waals surface area (Å²) in [5, 5.41) is 4.15. The minimum absolute atomic E-state index is 0.0288. The van der Waals surface area contributed by atoms with Gasteiger partial charge in [0.1, 0.15) is 0 Å². The maximum Gasteiger partial charge on any atom is 0.254 e. The van der Waals surface area contributed by atoms with E-state index < -0.39 is 9.84 Å². The van der Waals surface area contributed by atoms with Crippen LogP contribution in [0.3, 0.4) is 0 Å². The van der Waals surface area contributed by atoms with Gasteiger partial charge in [0, 0.05) is 37.0 Å². The molecule has 1 aliphatic rings. The van der Waals surface area contributed by atoms with E-state index in [1.54, 1.807) is 28.8 Å². The van der Waals surface area contributed by atoms with Crippen molar-refractivity contribution in [2.75, 3.05) is 18.1 Å². The van der Waals surface area contributed by atoms with Gasteiger partial charge < -0.3 is 4.90 Å². The average Bonchev–Trinajstić information content (AvgIpc) is 2.91. The average molecular weight is 347 g/mol. The van der Waals surface area contributed by atoms with E-state index in [-0.39, 0.29) is 23.5 Å². The Kier molecular flexibility index (Phi) is 4.45. The number of amides is 1.